The lowest BCUT2D eigenvalue weighted by molar-refractivity contribution is 0.184. The van der Waals surface area contributed by atoms with Gasteiger partial charge in [0.25, 0.3) is 5.89 Å². The predicted octanol–water partition coefficient (Wildman–Crippen LogP) is 3.42. The van der Waals surface area contributed by atoms with Gasteiger partial charge < -0.3 is 14.6 Å². The number of ether oxygens (including phenoxy) is 1. The van der Waals surface area contributed by atoms with Crippen LogP contribution in [0.1, 0.15) is 24.3 Å². The van der Waals surface area contributed by atoms with Gasteiger partial charge in [0.05, 0.1) is 0 Å². The number of hydrogen-bond acceptors (Lipinski definition) is 5. The van der Waals surface area contributed by atoms with Crippen molar-refractivity contribution in [1.82, 2.24) is 15.5 Å². The smallest absolute Gasteiger partial charge is 0.261 e. The highest BCUT2D eigenvalue weighted by molar-refractivity contribution is 5.88. The lowest BCUT2D eigenvalue weighted by Crippen LogP contribution is -2.13. The van der Waals surface area contributed by atoms with E-state index in [1.54, 1.807) is 0 Å². The summed E-state index contributed by atoms with van der Waals surface area (Å²) >= 11 is 0. The molecule has 1 aliphatic heterocycles. The Morgan fingerprint density at radius 2 is 2.12 bits per heavy atom. The van der Waals surface area contributed by atoms with Crippen molar-refractivity contribution in [2.75, 3.05) is 13.1 Å². The van der Waals surface area contributed by atoms with E-state index in [2.05, 4.69) is 15.5 Å². The Kier molecular flexibility index (Phi) is 4.13. The molecule has 0 saturated carbocycles. The summed E-state index contributed by atoms with van der Waals surface area (Å²) in [6.45, 7) is 1.62. The number of benzene rings is 2. The van der Waals surface area contributed by atoms with Crippen LogP contribution >= 0.6 is 0 Å². The van der Waals surface area contributed by atoms with Crippen LogP contribution < -0.4 is 10.1 Å². The SMILES string of the molecule is FC(c1nc(COc2cccc3ccccc23)no1)C1CCNC1. The summed E-state index contributed by atoms with van der Waals surface area (Å²) < 4.78 is 25.2. The molecule has 24 heavy (non-hydrogen) atoms. The number of fused-ring (bicyclic) bond motifs is 1. The lowest BCUT2D eigenvalue weighted by atomic mass is 10.0. The van der Waals surface area contributed by atoms with E-state index in [0.29, 0.717) is 12.4 Å². The molecule has 0 amide bonds. The van der Waals surface area contributed by atoms with E-state index in [1.807, 2.05) is 42.5 Å². The Balaban J connectivity index is 1.46. The zero-order chi connectivity index (χ0) is 16.4. The number of alkyl halides is 1. The fourth-order valence-corrected chi connectivity index (χ4v) is 3.03. The molecule has 5 nitrogen and oxygen atoms in total. The zero-order valence-corrected chi connectivity index (χ0v) is 13.1. The van der Waals surface area contributed by atoms with Crippen LogP contribution in [0.25, 0.3) is 10.8 Å². The monoisotopic (exact) mass is 327 g/mol. The van der Waals surface area contributed by atoms with Crippen LogP contribution in [-0.2, 0) is 6.61 Å². The normalized spacial score (nSPS) is 18.8. The molecule has 0 spiro atoms. The largest absolute Gasteiger partial charge is 0.485 e. The minimum absolute atomic E-state index is 0.0419. The first-order valence-electron chi connectivity index (χ1n) is 8.09. The second-order valence-electron chi connectivity index (χ2n) is 5.97. The molecule has 1 aromatic heterocycles. The van der Waals surface area contributed by atoms with Gasteiger partial charge in [-0.25, -0.2) is 4.39 Å². The topological polar surface area (TPSA) is 60.2 Å². The third-order valence-corrected chi connectivity index (χ3v) is 4.34. The number of nitrogens with one attached hydrogen (secondary N) is 1. The van der Waals surface area contributed by atoms with Gasteiger partial charge in [-0.1, -0.05) is 41.6 Å². The van der Waals surface area contributed by atoms with Gasteiger partial charge in [-0.15, -0.1) is 0 Å². The van der Waals surface area contributed by atoms with Gasteiger partial charge >= 0.3 is 0 Å². The Hall–Kier alpha value is -2.47. The van der Waals surface area contributed by atoms with Crippen LogP contribution in [0.5, 0.6) is 5.75 Å². The molecule has 4 rings (SSSR count). The van der Waals surface area contributed by atoms with Crippen LogP contribution in [0, 0.1) is 5.92 Å². The maximum absolute atomic E-state index is 14.3. The quantitative estimate of drug-likeness (QED) is 0.778. The summed E-state index contributed by atoms with van der Waals surface area (Å²) in [7, 11) is 0. The molecule has 1 N–H and O–H groups in total. The fourth-order valence-electron chi connectivity index (χ4n) is 3.03. The molecule has 1 fully saturated rings. The first-order chi connectivity index (χ1) is 11.8. The van der Waals surface area contributed by atoms with Crippen LogP contribution in [0.2, 0.25) is 0 Å². The molecule has 0 radical (unpaired) electrons. The molecule has 2 aromatic carbocycles. The minimum atomic E-state index is -1.22. The first kappa shape index (κ1) is 15.1. The molecule has 3 aromatic rings. The zero-order valence-electron chi connectivity index (χ0n) is 13.1. The second-order valence-corrected chi connectivity index (χ2v) is 5.97. The predicted molar refractivity (Wildman–Crippen MR) is 87.4 cm³/mol. The average Bonchev–Trinajstić information content (AvgIpc) is 3.31. The summed E-state index contributed by atoms with van der Waals surface area (Å²) in [5, 5.41) is 9.09. The number of hydrogen-bond donors (Lipinski definition) is 1. The van der Waals surface area contributed by atoms with Crippen LogP contribution in [0.15, 0.2) is 47.0 Å². The Labute approximate surface area is 138 Å². The van der Waals surface area contributed by atoms with Crippen molar-refractivity contribution in [3.63, 3.8) is 0 Å². The maximum Gasteiger partial charge on any atom is 0.261 e. The summed E-state index contributed by atoms with van der Waals surface area (Å²) in [5.74, 6) is 1.04. The van der Waals surface area contributed by atoms with E-state index in [-0.39, 0.29) is 18.4 Å². The molecule has 1 aliphatic rings. The summed E-state index contributed by atoms with van der Waals surface area (Å²) in [6.07, 6.45) is -0.440. The Morgan fingerprint density at radius 1 is 1.25 bits per heavy atom. The highest BCUT2D eigenvalue weighted by Crippen LogP contribution is 2.29. The van der Waals surface area contributed by atoms with Gasteiger partial charge in [-0.05, 0) is 24.4 Å². The molecule has 124 valence electrons. The molecule has 0 bridgehead atoms. The Morgan fingerprint density at radius 3 is 3.00 bits per heavy atom. The highest BCUT2D eigenvalue weighted by atomic mass is 19.1. The van der Waals surface area contributed by atoms with Gasteiger partial charge in [0.2, 0.25) is 5.82 Å². The lowest BCUT2D eigenvalue weighted by Gasteiger charge is -2.09. The summed E-state index contributed by atoms with van der Waals surface area (Å²) in [6, 6.07) is 13.8. The van der Waals surface area contributed by atoms with Gasteiger partial charge in [0.1, 0.15) is 5.75 Å². The first-order valence-corrected chi connectivity index (χ1v) is 8.09. The second kappa shape index (κ2) is 6.57. The number of aromatic nitrogens is 2. The van der Waals surface area contributed by atoms with Crippen molar-refractivity contribution in [3.8, 4) is 5.75 Å². The number of rotatable bonds is 5. The van der Waals surface area contributed by atoms with Crippen LogP contribution in [0.4, 0.5) is 4.39 Å². The Bertz CT molecular complexity index is 825. The third kappa shape index (κ3) is 2.97. The van der Waals surface area contributed by atoms with Gasteiger partial charge in [-0.3, -0.25) is 0 Å². The van der Waals surface area contributed by atoms with Gasteiger partial charge in [-0.2, -0.15) is 4.98 Å². The molecular weight excluding hydrogens is 309 g/mol. The van der Waals surface area contributed by atoms with Crippen molar-refractivity contribution in [3.05, 3.63) is 54.2 Å². The van der Waals surface area contributed by atoms with E-state index < -0.39 is 6.17 Å². The molecule has 0 aliphatic carbocycles. The van der Waals surface area contributed by atoms with E-state index >= 15 is 0 Å². The maximum atomic E-state index is 14.3. The summed E-state index contributed by atoms with van der Waals surface area (Å²) in [4.78, 5) is 4.14. The van der Waals surface area contributed by atoms with Crippen LogP contribution in [0.3, 0.4) is 0 Å². The van der Waals surface area contributed by atoms with Gasteiger partial charge in [0.15, 0.2) is 12.8 Å². The molecule has 2 heterocycles. The average molecular weight is 327 g/mol. The molecular formula is C18H18FN3O2. The fraction of sp³-hybridized carbons (Fsp3) is 0.333. The van der Waals surface area contributed by atoms with Gasteiger partial charge in [0, 0.05) is 17.8 Å². The van der Waals surface area contributed by atoms with E-state index in [1.165, 1.54) is 0 Å². The molecule has 2 unspecified atom stereocenters. The molecule has 1 saturated heterocycles. The van der Waals surface area contributed by atoms with Crippen LogP contribution in [-0.4, -0.2) is 23.2 Å². The molecule has 6 heteroatoms. The number of nitrogens with zero attached hydrogens (tertiary/aromatic N) is 2. The third-order valence-electron chi connectivity index (χ3n) is 4.34. The van der Waals surface area contributed by atoms with Crippen molar-refractivity contribution < 1.29 is 13.7 Å². The highest BCUT2D eigenvalue weighted by Gasteiger charge is 2.30. The van der Waals surface area contributed by atoms with Crippen molar-refractivity contribution >= 4 is 10.8 Å². The standard InChI is InChI=1S/C18H18FN3O2/c19-17(13-8-9-20-10-13)18-21-16(22-24-18)11-23-15-7-3-5-12-4-1-2-6-14(12)15/h1-7,13,17,20H,8-11H2. The molecule has 2 atom stereocenters. The van der Waals surface area contributed by atoms with Crippen molar-refractivity contribution in [1.29, 1.82) is 0 Å². The van der Waals surface area contributed by atoms with Crippen molar-refractivity contribution in [2.45, 2.75) is 19.2 Å². The number of halogens is 1. The van der Waals surface area contributed by atoms with E-state index in [4.69, 9.17) is 9.26 Å². The summed E-state index contributed by atoms with van der Waals surface area (Å²) in [5.41, 5.74) is 0. The van der Waals surface area contributed by atoms with E-state index in [0.717, 1.165) is 29.5 Å². The van der Waals surface area contributed by atoms with E-state index in [9.17, 15) is 4.39 Å². The van der Waals surface area contributed by atoms with Crippen molar-refractivity contribution in [2.24, 2.45) is 5.92 Å². The minimum Gasteiger partial charge on any atom is -0.485 e.